The molecule has 2 aromatic heterocycles. The average molecular weight is 348 g/mol. The molecule has 9 nitrogen and oxygen atoms in total. The number of benzene rings is 1. The zero-order valence-corrected chi connectivity index (χ0v) is 13.9. The number of H-pyrrole nitrogens is 1. The maximum Gasteiger partial charge on any atom is 0.246 e. The van der Waals surface area contributed by atoms with Crippen molar-refractivity contribution < 1.29 is 13.2 Å². The highest BCUT2D eigenvalue weighted by Gasteiger charge is 2.11. The van der Waals surface area contributed by atoms with E-state index >= 15 is 0 Å². The normalized spacial score (nSPS) is 11.6. The highest BCUT2D eigenvalue weighted by molar-refractivity contribution is 7.92. The van der Waals surface area contributed by atoms with Gasteiger partial charge in [-0.05, 0) is 25.1 Å². The monoisotopic (exact) mass is 348 g/mol. The molecule has 1 aromatic carbocycles. The SMILES string of the molecule is Cc1cc2c(NC(=O)Cn3cc(NS(C)(=O)=O)nn3)cccc2[nH]1. The minimum absolute atomic E-state index is 0.0636. The molecule has 0 atom stereocenters. The average Bonchev–Trinajstić information content (AvgIpc) is 3.03. The Labute approximate surface area is 138 Å². The van der Waals surface area contributed by atoms with E-state index in [1.54, 1.807) is 0 Å². The van der Waals surface area contributed by atoms with Crippen molar-refractivity contribution in [3.63, 3.8) is 0 Å². The first-order valence-corrected chi connectivity index (χ1v) is 8.95. The molecule has 0 radical (unpaired) electrons. The minimum Gasteiger partial charge on any atom is -0.359 e. The van der Waals surface area contributed by atoms with Crippen molar-refractivity contribution in [2.24, 2.45) is 0 Å². The fraction of sp³-hybridized carbons (Fsp3) is 0.214. The summed E-state index contributed by atoms with van der Waals surface area (Å²) in [7, 11) is -3.43. The number of carbonyl (C=O) groups is 1. The second-order valence-electron chi connectivity index (χ2n) is 5.44. The zero-order chi connectivity index (χ0) is 17.3. The maximum atomic E-state index is 12.2. The van der Waals surface area contributed by atoms with Crippen LogP contribution in [0.15, 0.2) is 30.5 Å². The van der Waals surface area contributed by atoms with Gasteiger partial charge in [0, 0.05) is 16.6 Å². The van der Waals surface area contributed by atoms with Gasteiger partial charge in [0.2, 0.25) is 15.9 Å². The largest absolute Gasteiger partial charge is 0.359 e. The fourth-order valence-corrected chi connectivity index (χ4v) is 2.83. The lowest BCUT2D eigenvalue weighted by Gasteiger charge is -2.06. The summed E-state index contributed by atoms with van der Waals surface area (Å²) in [6, 6.07) is 7.54. The number of sulfonamides is 1. The summed E-state index contributed by atoms with van der Waals surface area (Å²) in [6.45, 7) is 1.86. The molecular weight excluding hydrogens is 332 g/mol. The predicted octanol–water partition coefficient (Wildman–Crippen LogP) is 1.08. The molecule has 0 unspecified atom stereocenters. The number of hydrogen-bond donors (Lipinski definition) is 3. The Hall–Kier alpha value is -2.88. The first kappa shape index (κ1) is 16.0. The van der Waals surface area contributed by atoms with Gasteiger partial charge in [0.1, 0.15) is 6.54 Å². The Morgan fingerprint density at radius 2 is 2.17 bits per heavy atom. The Kier molecular flexibility index (Phi) is 3.97. The smallest absolute Gasteiger partial charge is 0.246 e. The van der Waals surface area contributed by atoms with Gasteiger partial charge in [-0.15, -0.1) is 5.10 Å². The second-order valence-corrected chi connectivity index (χ2v) is 7.19. The van der Waals surface area contributed by atoms with Gasteiger partial charge < -0.3 is 10.3 Å². The lowest BCUT2D eigenvalue weighted by Crippen LogP contribution is -2.19. The molecule has 0 fully saturated rings. The van der Waals surface area contributed by atoms with E-state index in [1.165, 1.54) is 10.9 Å². The van der Waals surface area contributed by atoms with Crippen molar-refractivity contribution in [1.82, 2.24) is 20.0 Å². The number of aromatic amines is 1. The fourth-order valence-electron chi connectivity index (χ4n) is 2.35. The molecule has 0 saturated carbocycles. The van der Waals surface area contributed by atoms with Crippen molar-refractivity contribution in [2.45, 2.75) is 13.5 Å². The molecule has 0 saturated heterocycles. The van der Waals surface area contributed by atoms with Gasteiger partial charge in [0.05, 0.1) is 18.1 Å². The summed E-state index contributed by atoms with van der Waals surface area (Å²) in [6.07, 6.45) is 2.36. The van der Waals surface area contributed by atoms with Gasteiger partial charge in [0.25, 0.3) is 0 Å². The molecule has 0 aliphatic rings. The van der Waals surface area contributed by atoms with Crippen LogP contribution in [0.25, 0.3) is 10.9 Å². The third-order valence-corrected chi connectivity index (χ3v) is 3.79. The molecule has 3 aromatic rings. The summed E-state index contributed by atoms with van der Waals surface area (Å²) >= 11 is 0. The van der Waals surface area contributed by atoms with E-state index in [0.717, 1.165) is 22.9 Å². The molecular formula is C14H16N6O3S. The molecule has 1 amide bonds. The van der Waals surface area contributed by atoms with E-state index in [0.29, 0.717) is 5.69 Å². The Bertz CT molecular complexity index is 1000. The third-order valence-electron chi connectivity index (χ3n) is 3.21. The molecule has 10 heteroatoms. The highest BCUT2D eigenvalue weighted by atomic mass is 32.2. The van der Waals surface area contributed by atoms with Gasteiger partial charge in [-0.1, -0.05) is 11.3 Å². The van der Waals surface area contributed by atoms with Crippen LogP contribution in [0.1, 0.15) is 5.69 Å². The highest BCUT2D eigenvalue weighted by Crippen LogP contribution is 2.24. The predicted molar refractivity (Wildman–Crippen MR) is 90.2 cm³/mol. The zero-order valence-electron chi connectivity index (χ0n) is 13.1. The van der Waals surface area contributed by atoms with Gasteiger partial charge in [-0.2, -0.15) is 0 Å². The van der Waals surface area contributed by atoms with Crippen LogP contribution >= 0.6 is 0 Å². The number of rotatable bonds is 5. The van der Waals surface area contributed by atoms with Gasteiger partial charge >= 0.3 is 0 Å². The maximum absolute atomic E-state index is 12.2. The number of fused-ring (bicyclic) bond motifs is 1. The standard InChI is InChI=1S/C14H16N6O3S/c1-9-6-10-11(15-9)4-3-5-12(10)16-14(21)8-20-7-13(17-19-20)18-24(2,22)23/h3-7,15,18H,8H2,1-2H3,(H,16,21). The number of nitrogens with zero attached hydrogens (tertiary/aromatic N) is 3. The quantitative estimate of drug-likeness (QED) is 0.637. The molecule has 0 spiro atoms. The lowest BCUT2D eigenvalue weighted by atomic mass is 10.2. The van der Waals surface area contributed by atoms with E-state index in [1.807, 2.05) is 31.2 Å². The van der Waals surface area contributed by atoms with Crippen LogP contribution < -0.4 is 10.0 Å². The lowest BCUT2D eigenvalue weighted by molar-refractivity contribution is -0.116. The number of anilines is 2. The summed E-state index contributed by atoms with van der Waals surface area (Å²) in [5, 5.41) is 11.1. The van der Waals surface area contributed by atoms with Gasteiger partial charge in [0.15, 0.2) is 5.82 Å². The van der Waals surface area contributed by atoms with Gasteiger partial charge in [-0.25, -0.2) is 13.1 Å². The molecule has 0 aliphatic heterocycles. The van der Waals surface area contributed by atoms with Crippen LogP contribution in [0, 0.1) is 6.92 Å². The number of aromatic nitrogens is 4. The van der Waals surface area contributed by atoms with Crippen LogP contribution in [0.3, 0.4) is 0 Å². The van der Waals surface area contributed by atoms with E-state index in [4.69, 9.17) is 0 Å². The van der Waals surface area contributed by atoms with E-state index in [2.05, 4.69) is 25.3 Å². The Balaban J connectivity index is 1.71. The van der Waals surface area contributed by atoms with Crippen LogP contribution in [-0.4, -0.2) is 40.6 Å². The first-order valence-electron chi connectivity index (χ1n) is 7.06. The number of aryl methyl sites for hydroxylation is 1. The van der Waals surface area contributed by atoms with Crippen molar-refractivity contribution in [3.05, 3.63) is 36.2 Å². The summed E-state index contributed by atoms with van der Waals surface area (Å²) in [4.78, 5) is 15.4. The third kappa shape index (κ3) is 3.71. The minimum atomic E-state index is -3.43. The van der Waals surface area contributed by atoms with Crippen molar-refractivity contribution >= 4 is 38.3 Å². The Morgan fingerprint density at radius 1 is 1.38 bits per heavy atom. The summed E-state index contributed by atoms with van der Waals surface area (Å²) in [5.41, 5.74) is 2.63. The molecule has 24 heavy (non-hydrogen) atoms. The van der Waals surface area contributed by atoms with E-state index in [9.17, 15) is 13.2 Å². The molecule has 0 aliphatic carbocycles. The molecule has 3 N–H and O–H groups in total. The first-order chi connectivity index (χ1) is 11.3. The Morgan fingerprint density at radius 3 is 2.92 bits per heavy atom. The van der Waals surface area contributed by atoms with Crippen molar-refractivity contribution in [2.75, 3.05) is 16.3 Å². The van der Waals surface area contributed by atoms with E-state index < -0.39 is 10.0 Å². The van der Waals surface area contributed by atoms with Crippen LogP contribution in [-0.2, 0) is 21.4 Å². The summed E-state index contributed by atoms with van der Waals surface area (Å²) in [5.74, 6) is -0.231. The van der Waals surface area contributed by atoms with Crippen molar-refractivity contribution in [3.8, 4) is 0 Å². The number of nitrogens with one attached hydrogen (secondary N) is 3. The molecule has 3 rings (SSSR count). The molecule has 126 valence electrons. The molecule has 0 bridgehead atoms. The van der Waals surface area contributed by atoms with Gasteiger partial charge in [-0.3, -0.25) is 9.52 Å². The number of carbonyl (C=O) groups excluding carboxylic acids is 1. The van der Waals surface area contributed by atoms with Crippen LogP contribution in [0.4, 0.5) is 11.5 Å². The second kappa shape index (κ2) is 5.96. The van der Waals surface area contributed by atoms with E-state index in [-0.39, 0.29) is 18.3 Å². The van der Waals surface area contributed by atoms with Crippen LogP contribution in [0.5, 0.6) is 0 Å². The molecule has 2 heterocycles. The number of hydrogen-bond acceptors (Lipinski definition) is 5. The summed E-state index contributed by atoms with van der Waals surface area (Å²) < 4.78 is 25.7. The van der Waals surface area contributed by atoms with Crippen molar-refractivity contribution in [1.29, 1.82) is 0 Å². The number of amides is 1. The topological polar surface area (TPSA) is 122 Å². The van der Waals surface area contributed by atoms with Crippen LogP contribution in [0.2, 0.25) is 0 Å².